The summed E-state index contributed by atoms with van der Waals surface area (Å²) in [5.41, 5.74) is 1.28. The fraction of sp³-hybridized carbons (Fsp3) is 0.286. The minimum Gasteiger partial charge on any atom is -0.329 e. The molecule has 0 saturated carbocycles. The number of pyridine rings is 1. The summed E-state index contributed by atoms with van der Waals surface area (Å²) < 4.78 is 22.7. The van der Waals surface area contributed by atoms with Gasteiger partial charge in [-0.15, -0.1) is 11.3 Å². The van der Waals surface area contributed by atoms with E-state index in [-0.39, 0.29) is 16.2 Å². The molecule has 23 heavy (non-hydrogen) atoms. The molecular formula is C14H16N4O3S2. The Balaban J connectivity index is 1.89. The van der Waals surface area contributed by atoms with Gasteiger partial charge in [0.25, 0.3) is 5.91 Å². The minimum absolute atomic E-state index is 0.00564. The van der Waals surface area contributed by atoms with E-state index < -0.39 is 10.0 Å². The third-order valence-corrected chi connectivity index (χ3v) is 6.06. The average molecular weight is 352 g/mol. The highest BCUT2D eigenvalue weighted by Crippen LogP contribution is 2.26. The average Bonchev–Trinajstić information content (AvgIpc) is 3.05. The van der Waals surface area contributed by atoms with Crippen LogP contribution in [0.25, 0.3) is 0 Å². The van der Waals surface area contributed by atoms with Crippen LogP contribution in [0.1, 0.15) is 22.0 Å². The Morgan fingerprint density at radius 2 is 2.30 bits per heavy atom. The molecule has 0 aromatic carbocycles. The maximum absolute atomic E-state index is 12.8. The fourth-order valence-corrected chi connectivity index (χ4v) is 4.14. The monoisotopic (exact) mass is 352 g/mol. The number of amides is 1. The molecule has 0 radical (unpaired) electrons. The quantitative estimate of drug-likeness (QED) is 0.840. The molecule has 3 rings (SSSR count). The van der Waals surface area contributed by atoms with Gasteiger partial charge < -0.3 is 10.2 Å². The zero-order valence-corrected chi connectivity index (χ0v) is 13.8. The molecule has 1 saturated heterocycles. The van der Waals surface area contributed by atoms with Crippen molar-refractivity contribution in [1.82, 2.24) is 15.2 Å². The summed E-state index contributed by atoms with van der Waals surface area (Å²) >= 11 is 0.957. The number of sulfonamides is 1. The third-order valence-electron chi connectivity index (χ3n) is 3.68. The molecule has 1 atom stereocenters. The Morgan fingerprint density at radius 1 is 1.48 bits per heavy atom. The van der Waals surface area contributed by atoms with Crippen molar-refractivity contribution in [3.8, 4) is 0 Å². The van der Waals surface area contributed by atoms with Crippen LogP contribution in [-0.4, -0.2) is 43.8 Å². The van der Waals surface area contributed by atoms with Crippen LogP contribution in [0, 0.1) is 0 Å². The summed E-state index contributed by atoms with van der Waals surface area (Å²) in [6, 6.07) is 4.96. The van der Waals surface area contributed by atoms with Gasteiger partial charge in [0.1, 0.15) is 4.21 Å². The standard InChI is InChI=1S/C14H16N4O3S2/c15-23(20,21)13-6-11(9-22-13)14(19)18-5-4-17-8-12(18)10-2-1-3-16-7-10/h1-3,6-7,9,12,17H,4-5,8H2,(H2,15,20,21). The second kappa shape index (κ2) is 6.36. The summed E-state index contributed by atoms with van der Waals surface area (Å²) in [5, 5.41) is 9.90. The molecule has 0 spiro atoms. The number of nitrogens with zero attached hydrogens (tertiary/aromatic N) is 2. The van der Waals surface area contributed by atoms with Gasteiger partial charge in [-0.2, -0.15) is 0 Å². The van der Waals surface area contributed by atoms with E-state index in [2.05, 4.69) is 10.3 Å². The first kappa shape index (κ1) is 16.1. The summed E-state index contributed by atoms with van der Waals surface area (Å²) in [6.45, 7) is 1.86. The third kappa shape index (κ3) is 3.42. The van der Waals surface area contributed by atoms with E-state index in [1.165, 1.54) is 11.4 Å². The highest BCUT2D eigenvalue weighted by molar-refractivity contribution is 7.91. The molecular weight excluding hydrogens is 336 g/mol. The van der Waals surface area contributed by atoms with Gasteiger partial charge in [-0.05, 0) is 17.7 Å². The first-order chi connectivity index (χ1) is 11.0. The number of thiophene rings is 1. The largest absolute Gasteiger partial charge is 0.329 e. The van der Waals surface area contributed by atoms with Crippen molar-refractivity contribution in [2.75, 3.05) is 19.6 Å². The van der Waals surface area contributed by atoms with Crippen LogP contribution in [0.3, 0.4) is 0 Å². The van der Waals surface area contributed by atoms with Gasteiger partial charge >= 0.3 is 0 Å². The van der Waals surface area contributed by atoms with Crippen LogP contribution in [-0.2, 0) is 10.0 Å². The molecule has 1 aliphatic rings. The number of hydrogen-bond acceptors (Lipinski definition) is 6. The number of nitrogens with one attached hydrogen (secondary N) is 1. The topological polar surface area (TPSA) is 105 Å². The molecule has 1 aliphatic heterocycles. The van der Waals surface area contributed by atoms with Crippen LogP contribution < -0.4 is 10.5 Å². The van der Waals surface area contributed by atoms with Gasteiger partial charge in [-0.1, -0.05) is 6.07 Å². The lowest BCUT2D eigenvalue weighted by atomic mass is 10.0. The number of aromatic nitrogens is 1. The lowest BCUT2D eigenvalue weighted by molar-refractivity contribution is 0.0634. The molecule has 3 heterocycles. The zero-order valence-electron chi connectivity index (χ0n) is 12.2. The van der Waals surface area contributed by atoms with Gasteiger partial charge in [0.15, 0.2) is 0 Å². The number of carbonyl (C=O) groups is 1. The number of piperazine rings is 1. The fourth-order valence-electron chi connectivity index (χ4n) is 2.56. The maximum Gasteiger partial charge on any atom is 0.255 e. The molecule has 0 bridgehead atoms. The summed E-state index contributed by atoms with van der Waals surface area (Å²) in [7, 11) is -3.79. The molecule has 3 N–H and O–H groups in total. The van der Waals surface area contributed by atoms with Crippen molar-refractivity contribution < 1.29 is 13.2 Å². The maximum atomic E-state index is 12.8. The number of carbonyl (C=O) groups excluding carboxylic acids is 1. The normalized spacial score (nSPS) is 18.8. The second-order valence-corrected chi connectivity index (χ2v) is 7.90. The Labute approximate surface area is 138 Å². The zero-order chi connectivity index (χ0) is 16.4. The van der Waals surface area contributed by atoms with E-state index in [0.717, 1.165) is 16.9 Å². The molecule has 2 aromatic rings. The molecule has 9 heteroatoms. The highest BCUT2D eigenvalue weighted by atomic mass is 32.2. The predicted octanol–water partition coefficient (Wildman–Crippen LogP) is 0.577. The Bertz CT molecular complexity index is 804. The first-order valence-electron chi connectivity index (χ1n) is 7.00. The van der Waals surface area contributed by atoms with E-state index in [9.17, 15) is 13.2 Å². The highest BCUT2D eigenvalue weighted by Gasteiger charge is 2.29. The van der Waals surface area contributed by atoms with Crippen molar-refractivity contribution >= 4 is 27.3 Å². The van der Waals surface area contributed by atoms with Crippen LogP contribution in [0.15, 0.2) is 40.2 Å². The molecule has 122 valence electrons. The van der Waals surface area contributed by atoms with E-state index in [4.69, 9.17) is 5.14 Å². The van der Waals surface area contributed by atoms with E-state index in [1.54, 1.807) is 17.3 Å². The Morgan fingerprint density at radius 3 is 2.96 bits per heavy atom. The van der Waals surface area contributed by atoms with Gasteiger partial charge in [-0.25, -0.2) is 13.6 Å². The van der Waals surface area contributed by atoms with Crippen LogP contribution >= 0.6 is 11.3 Å². The minimum atomic E-state index is -3.79. The molecule has 0 aliphatic carbocycles. The van der Waals surface area contributed by atoms with Crippen molar-refractivity contribution in [1.29, 1.82) is 0 Å². The molecule has 2 aromatic heterocycles. The number of nitrogens with two attached hydrogens (primary N) is 1. The number of primary sulfonamides is 1. The lowest BCUT2D eigenvalue weighted by Gasteiger charge is -2.36. The molecule has 7 nitrogen and oxygen atoms in total. The van der Waals surface area contributed by atoms with E-state index in [1.807, 2.05) is 12.1 Å². The number of rotatable bonds is 3. The molecule has 1 unspecified atom stereocenters. The van der Waals surface area contributed by atoms with E-state index >= 15 is 0 Å². The van der Waals surface area contributed by atoms with Crippen molar-refractivity contribution in [2.45, 2.75) is 10.3 Å². The summed E-state index contributed by atoms with van der Waals surface area (Å²) in [5.74, 6) is -0.202. The van der Waals surface area contributed by atoms with Crippen LogP contribution in [0.4, 0.5) is 0 Å². The predicted molar refractivity (Wildman–Crippen MR) is 86.6 cm³/mol. The van der Waals surface area contributed by atoms with E-state index in [0.29, 0.717) is 25.2 Å². The Hall–Kier alpha value is -1.81. The van der Waals surface area contributed by atoms with Crippen LogP contribution in [0.2, 0.25) is 0 Å². The first-order valence-corrected chi connectivity index (χ1v) is 9.42. The lowest BCUT2D eigenvalue weighted by Crippen LogP contribution is -2.48. The number of hydrogen-bond donors (Lipinski definition) is 2. The van der Waals surface area contributed by atoms with Crippen LogP contribution in [0.5, 0.6) is 0 Å². The van der Waals surface area contributed by atoms with Crippen molar-refractivity contribution in [3.05, 3.63) is 47.1 Å². The van der Waals surface area contributed by atoms with Gasteiger partial charge in [0, 0.05) is 37.4 Å². The Kier molecular flexibility index (Phi) is 4.44. The summed E-state index contributed by atoms with van der Waals surface area (Å²) in [4.78, 5) is 18.6. The van der Waals surface area contributed by atoms with Crippen molar-refractivity contribution in [2.24, 2.45) is 5.14 Å². The molecule has 1 fully saturated rings. The SMILES string of the molecule is NS(=O)(=O)c1cc(C(=O)N2CCNCC2c2cccnc2)cs1. The van der Waals surface area contributed by atoms with Crippen molar-refractivity contribution in [3.63, 3.8) is 0 Å². The summed E-state index contributed by atoms with van der Waals surface area (Å²) in [6.07, 6.45) is 3.42. The second-order valence-electron chi connectivity index (χ2n) is 5.20. The van der Waals surface area contributed by atoms with Gasteiger partial charge in [0.2, 0.25) is 10.0 Å². The van der Waals surface area contributed by atoms with Gasteiger partial charge in [0.05, 0.1) is 11.6 Å². The smallest absolute Gasteiger partial charge is 0.255 e. The molecule has 1 amide bonds. The van der Waals surface area contributed by atoms with Gasteiger partial charge in [-0.3, -0.25) is 9.78 Å².